The van der Waals surface area contributed by atoms with Gasteiger partial charge in [-0.3, -0.25) is 4.79 Å². The summed E-state index contributed by atoms with van der Waals surface area (Å²) < 4.78 is 38.0. The van der Waals surface area contributed by atoms with E-state index in [4.69, 9.17) is 16.9 Å². The molecule has 84 valence electrons. The van der Waals surface area contributed by atoms with Crippen LogP contribution >= 0.6 is 11.6 Å². The average molecular weight is 248 g/mol. The second kappa shape index (κ2) is 4.14. The molecule has 0 aliphatic carbocycles. The maximum Gasteiger partial charge on any atom is 0.417 e. The van der Waals surface area contributed by atoms with Crippen molar-refractivity contribution < 1.29 is 18.0 Å². The molecular weight excluding hydrogens is 243 g/mol. The van der Waals surface area contributed by atoms with Gasteiger partial charge in [0, 0.05) is 0 Å². The third-order valence-electron chi connectivity index (χ3n) is 2.01. The van der Waals surface area contributed by atoms with Gasteiger partial charge in [0.15, 0.2) is 0 Å². The van der Waals surface area contributed by atoms with Crippen LogP contribution in [-0.2, 0) is 6.18 Å². The highest BCUT2D eigenvalue weighted by Gasteiger charge is 2.37. The van der Waals surface area contributed by atoms with Crippen molar-refractivity contribution >= 4 is 16.8 Å². The van der Waals surface area contributed by atoms with Crippen LogP contribution in [0.2, 0.25) is 0 Å². The quantitative estimate of drug-likeness (QED) is 0.715. The normalized spacial score (nSPS) is 11.0. The summed E-state index contributed by atoms with van der Waals surface area (Å²) in [6.07, 6.45) is -4.71. The molecular formula is C10H5ClF3NO. The van der Waals surface area contributed by atoms with Crippen molar-refractivity contribution in [2.45, 2.75) is 13.1 Å². The summed E-state index contributed by atoms with van der Waals surface area (Å²) in [6, 6.07) is 3.78. The molecule has 0 fully saturated rings. The summed E-state index contributed by atoms with van der Waals surface area (Å²) in [4.78, 5) is 11.0. The largest absolute Gasteiger partial charge is 0.417 e. The number of hydrogen-bond donors (Lipinski definition) is 0. The zero-order chi connectivity index (χ0) is 12.5. The zero-order valence-electron chi connectivity index (χ0n) is 8.02. The lowest BCUT2D eigenvalue weighted by atomic mass is 9.97. The Hall–Kier alpha value is -1.54. The highest BCUT2D eigenvalue weighted by atomic mass is 35.5. The van der Waals surface area contributed by atoms with Crippen LogP contribution in [0, 0.1) is 18.3 Å². The van der Waals surface area contributed by atoms with E-state index in [0.717, 1.165) is 12.1 Å². The molecule has 0 saturated carbocycles. The Bertz CT molecular complexity index is 488. The third kappa shape index (κ3) is 2.17. The molecule has 2 nitrogen and oxygen atoms in total. The van der Waals surface area contributed by atoms with Crippen LogP contribution in [0.5, 0.6) is 0 Å². The molecule has 0 aliphatic rings. The fraction of sp³-hybridized carbons (Fsp3) is 0.200. The van der Waals surface area contributed by atoms with Crippen molar-refractivity contribution in [2.75, 3.05) is 0 Å². The van der Waals surface area contributed by atoms with Gasteiger partial charge in [0.25, 0.3) is 5.24 Å². The van der Waals surface area contributed by atoms with E-state index in [1.54, 1.807) is 0 Å². The molecule has 0 bridgehead atoms. The summed E-state index contributed by atoms with van der Waals surface area (Å²) in [5.41, 5.74) is -2.45. The van der Waals surface area contributed by atoms with Crippen LogP contribution in [0.4, 0.5) is 13.2 Å². The van der Waals surface area contributed by atoms with E-state index in [0.29, 0.717) is 0 Å². The van der Waals surface area contributed by atoms with Gasteiger partial charge < -0.3 is 0 Å². The van der Waals surface area contributed by atoms with Crippen LogP contribution in [-0.4, -0.2) is 5.24 Å². The first kappa shape index (κ1) is 12.5. The average Bonchev–Trinajstić information content (AvgIpc) is 2.15. The van der Waals surface area contributed by atoms with Crippen molar-refractivity contribution in [2.24, 2.45) is 0 Å². The standard InChI is InChI=1S/C10H5ClF3NO/c1-5-2-3-6(4-15)7(9(11)16)8(5)10(12,13)14/h2-3H,1H3. The minimum absolute atomic E-state index is 0.143. The number of carbonyl (C=O) groups is 1. The third-order valence-corrected chi connectivity index (χ3v) is 2.20. The number of nitrogens with zero attached hydrogens (tertiary/aromatic N) is 1. The smallest absolute Gasteiger partial charge is 0.276 e. The Morgan fingerprint density at radius 1 is 1.44 bits per heavy atom. The van der Waals surface area contributed by atoms with Crippen molar-refractivity contribution in [3.8, 4) is 6.07 Å². The second-order valence-corrected chi connectivity index (χ2v) is 3.41. The van der Waals surface area contributed by atoms with Gasteiger partial charge in [-0.05, 0) is 30.2 Å². The molecule has 0 N–H and O–H groups in total. The molecule has 0 saturated heterocycles. The number of hydrogen-bond acceptors (Lipinski definition) is 2. The molecule has 16 heavy (non-hydrogen) atoms. The van der Waals surface area contributed by atoms with Crippen molar-refractivity contribution in [1.29, 1.82) is 5.26 Å². The molecule has 0 aromatic heterocycles. The Morgan fingerprint density at radius 2 is 2.00 bits per heavy atom. The van der Waals surface area contributed by atoms with Crippen LogP contribution in [0.25, 0.3) is 0 Å². The number of alkyl halides is 3. The van der Waals surface area contributed by atoms with E-state index in [-0.39, 0.29) is 11.1 Å². The van der Waals surface area contributed by atoms with Crippen LogP contribution in [0.15, 0.2) is 12.1 Å². The van der Waals surface area contributed by atoms with Gasteiger partial charge in [-0.25, -0.2) is 0 Å². The minimum Gasteiger partial charge on any atom is -0.276 e. The fourth-order valence-electron chi connectivity index (χ4n) is 1.37. The Kier molecular flexibility index (Phi) is 3.24. The van der Waals surface area contributed by atoms with Crippen molar-refractivity contribution in [3.05, 3.63) is 34.4 Å². The summed E-state index contributed by atoms with van der Waals surface area (Å²) in [6.45, 7) is 1.20. The Balaban J connectivity index is 3.70. The highest BCUT2D eigenvalue weighted by molar-refractivity contribution is 6.68. The van der Waals surface area contributed by atoms with Gasteiger partial charge >= 0.3 is 6.18 Å². The molecule has 1 aromatic carbocycles. The predicted molar refractivity (Wildman–Crippen MR) is 51.1 cm³/mol. The molecule has 1 rings (SSSR count). The Labute approximate surface area is 94.2 Å². The molecule has 0 unspecified atom stereocenters. The number of carbonyl (C=O) groups excluding carboxylic acids is 1. The first-order chi connectivity index (χ1) is 7.29. The summed E-state index contributed by atoms with van der Waals surface area (Å²) in [7, 11) is 0. The Morgan fingerprint density at radius 3 is 2.38 bits per heavy atom. The van der Waals surface area contributed by atoms with E-state index in [2.05, 4.69) is 0 Å². The van der Waals surface area contributed by atoms with Gasteiger partial charge in [-0.15, -0.1) is 0 Å². The van der Waals surface area contributed by atoms with Crippen molar-refractivity contribution in [3.63, 3.8) is 0 Å². The van der Waals surface area contributed by atoms with Gasteiger partial charge in [0.05, 0.1) is 22.8 Å². The molecule has 0 radical (unpaired) electrons. The number of rotatable bonds is 1. The molecule has 6 heteroatoms. The molecule has 0 atom stereocenters. The van der Waals surface area contributed by atoms with E-state index in [9.17, 15) is 18.0 Å². The minimum atomic E-state index is -4.71. The van der Waals surface area contributed by atoms with Crippen molar-refractivity contribution in [1.82, 2.24) is 0 Å². The second-order valence-electron chi connectivity index (χ2n) is 3.06. The highest BCUT2D eigenvalue weighted by Crippen LogP contribution is 2.36. The number of aryl methyl sites for hydroxylation is 1. The van der Waals surface area contributed by atoms with Gasteiger partial charge in [-0.2, -0.15) is 18.4 Å². The maximum absolute atomic E-state index is 12.7. The molecule has 0 heterocycles. The van der Waals surface area contributed by atoms with Gasteiger partial charge in [0.1, 0.15) is 0 Å². The number of benzene rings is 1. The van der Waals surface area contributed by atoms with E-state index >= 15 is 0 Å². The SMILES string of the molecule is Cc1ccc(C#N)c(C(=O)Cl)c1C(F)(F)F. The van der Waals surface area contributed by atoms with Crippen LogP contribution < -0.4 is 0 Å². The van der Waals surface area contributed by atoms with Gasteiger partial charge in [0.2, 0.25) is 0 Å². The topological polar surface area (TPSA) is 40.9 Å². The first-order valence-corrected chi connectivity index (χ1v) is 4.47. The van der Waals surface area contributed by atoms with E-state index in [1.807, 2.05) is 0 Å². The molecule has 0 aliphatic heterocycles. The summed E-state index contributed by atoms with van der Waals surface area (Å²) >= 11 is 5.08. The first-order valence-electron chi connectivity index (χ1n) is 4.09. The van der Waals surface area contributed by atoms with E-state index in [1.165, 1.54) is 13.0 Å². The molecule has 0 amide bonds. The molecule has 1 aromatic rings. The molecule has 0 spiro atoms. The maximum atomic E-state index is 12.7. The van der Waals surface area contributed by atoms with Crippen LogP contribution in [0.1, 0.15) is 27.0 Å². The van der Waals surface area contributed by atoms with Gasteiger partial charge in [-0.1, -0.05) is 6.07 Å². The lowest BCUT2D eigenvalue weighted by Gasteiger charge is -2.14. The fourth-order valence-corrected chi connectivity index (χ4v) is 1.57. The zero-order valence-corrected chi connectivity index (χ0v) is 8.78. The van der Waals surface area contributed by atoms with Crippen LogP contribution in [0.3, 0.4) is 0 Å². The monoisotopic (exact) mass is 247 g/mol. The predicted octanol–water partition coefficient (Wildman–Crippen LogP) is 3.26. The summed E-state index contributed by atoms with van der Waals surface area (Å²) in [5, 5.41) is 7.34. The lowest BCUT2D eigenvalue weighted by molar-refractivity contribution is -0.138. The number of halogens is 4. The summed E-state index contributed by atoms with van der Waals surface area (Å²) in [5.74, 6) is 0. The van der Waals surface area contributed by atoms with E-state index < -0.39 is 22.5 Å². The number of nitriles is 1. The lowest BCUT2D eigenvalue weighted by Crippen LogP contribution is -2.14.